The second kappa shape index (κ2) is 6.38. The van der Waals surface area contributed by atoms with Crippen molar-refractivity contribution in [1.29, 1.82) is 0 Å². The molecular formula is C13H19NO. The van der Waals surface area contributed by atoms with Crippen LogP contribution in [0.3, 0.4) is 0 Å². The Bertz CT molecular complexity index is 309. The molecule has 1 unspecified atom stereocenters. The second-order valence-electron chi connectivity index (χ2n) is 3.61. The second-order valence-corrected chi connectivity index (χ2v) is 3.61. The molecule has 0 aromatic heterocycles. The highest BCUT2D eigenvalue weighted by atomic mass is 16.5. The fourth-order valence-electron chi connectivity index (χ4n) is 1.38. The van der Waals surface area contributed by atoms with Gasteiger partial charge in [0, 0.05) is 19.7 Å². The van der Waals surface area contributed by atoms with E-state index in [4.69, 9.17) is 4.74 Å². The third-order valence-corrected chi connectivity index (χ3v) is 2.39. The molecule has 0 bridgehead atoms. The van der Waals surface area contributed by atoms with E-state index in [1.54, 1.807) is 7.11 Å². The standard InChI is InChI=1S/C13H19NO/c1-4-11(2)14-9-12-7-5-6-8-13(12)10-15-3/h4-8,11,14H,1,9-10H2,2-3H3. The molecule has 1 atom stereocenters. The van der Waals surface area contributed by atoms with Crippen LogP contribution in [0.1, 0.15) is 18.1 Å². The molecule has 0 saturated heterocycles. The minimum absolute atomic E-state index is 0.334. The van der Waals surface area contributed by atoms with Gasteiger partial charge in [-0.3, -0.25) is 0 Å². The largest absolute Gasteiger partial charge is 0.380 e. The van der Waals surface area contributed by atoms with Crippen LogP contribution in [0, 0.1) is 0 Å². The first kappa shape index (κ1) is 12.0. The van der Waals surface area contributed by atoms with Crippen molar-refractivity contribution in [2.24, 2.45) is 0 Å². The fourth-order valence-corrected chi connectivity index (χ4v) is 1.38. The maximum atomic E-state index is 5.15. The highest BCUT2D eigenvalue weighted by molar-refractivity contribution is 5.26. The van der Waals surface area contributed by atoms with E-state index in [0.717, 1.165) is 6.54 Å². The Morgan fingerprint density at radius 2 is 2.07 bits per heavy atom. The van der Waals surface area contributed by atoms with Crippen LogP contribution < -0.4 is 5.32 Å². The number of hydrogen-bond donors (Lipinski definition) is 1. The molecule has 0 spiro atoms. The summed E-state index contributed by atoms with van der Waals surface area (Å²) >= 11 is 0. The maximum Gasteiger partial charge on any atom is 0.0716 e. The van der Waals surface area contributed by atoms with Gasteiger partial charge in [0.25, 0.3) is 0 Å². The van der Waals surface area contributed by atoms with E-state index in [2.05, 4.69) is 37.0 Å². The zero-order valence-corrected chi connectivity index (χ0v) is 9.49. The van der Waals surface area contributed by atoms with Gasteiger partial charge in [0.1, 0.15) is 0 Å². The van der Waals surface area contributed by atoms with Gasteiger partial charge < -0.3 is 10.1 Å². The number of nitrogens with one attached hydrogen (secondary N) is 1. The van der Waals surface area contributed by atoms with Crippen LogP contribution >= 0.6 is 0 Å². The van der Waals surface area contributed by atoms with Gasteiger partial charge in [0.2, 0.25) is 0 Å². The molecule has 82 valence electrons. The first-order valence-electron chi connectivity index (χ1n) is 5.19. The molecule has 0 aliphatic rings. The zero-order valence-electron chi connectivity index (χ0n) is 9.49. The average Bonchev–Trinajstić information content (AvgIpc) is 2.28. The van der Waals surface area contributed by atoms with Crippen molar-refractivity contribution in [2.75, 3.05) is 7.11 Å². The van der Waals surface area contributed by atoms with Gasteiger partial charge in [-0.2, -0.15) is 0 Å². The fraction of sp³-hybridized carbons (Fsp3) is 0.385. The molecule has 0 radical (unpaired) electrons. The van der Waals surface area contributed by atoms with Crippen molar-refractivity contribution >= 4 is 0 Å². The molecule has 2 nitrogen and oxygen atoms in total. The SMILES string of the molecule is C=CC(C)NCc1ccccc1COC. The summed E-state index contributed by atoms with van der Waals surface area (Å²) in [5, 5.41) is 3.37. The lowest BCUT2D eigenvalue weighted by Crippen LogP contribution is -2.23. The number of rotatable bonds is 6. The highest BCUT2D eigenvalue weighted by Crippen LogP contribution is 2.09. The average molecular weight is 205 g/mol. The number of ether oxygens (including phenoxy) is 1. The van der Waals surface area contributed by atoms with Gasteiger partial charge in [-0.15, -0.1) is 6.58 Å². The topological polar surface area (TPSA) is 21.3 Å². The van der Waals surface area contributed by atoms with E-state index < -0.39 is 0 Å². The highest BCUT2D eigenvalue weighted by Gasteiger charge is 2.01. The van der Waals surface area contributed by atoms with Crippen LogP contribution in [0.15, 0.2) is 36.9 Å². The molecule has 0 aliphatic carbocycles. The molecule has 0 saturated carbocycles. The summed E-state index contributed by atoms with van der Waals surface area (Å²) in [6.07, 6.45) is 1.90. The van der Waals surface area contributed by atoms with Crippen LogP contribution in [0.5, 0.6) is 0 Å². The van der Waals surface area contributed by atoms with E-state index in [1.165, 1.54) is 11.1 Å². The molecular weight excluding hydrogens is 186 g/mol. The molecule has 2 heteroatoms. The summed E-state index contributed by atoms with van der Waals surface area (Å²) in [6, 6.07) is 8.64. The summed E-state index contributed by atoms with van der Waals surface area (Å²) < 4.78 is 5.15. The quantitative estimate of drug-likeness (QED) is 0.720. The van der Waals surface area contributed by atoms with Crippen molar-refractivity contribution in [3.05, 3.63) is 48.0 Å². The summed E-state index contributed by atoms with van der Waals surface area (Å²) in [4.78, 5) is 0. The Kier molecular flexibility index (Phi) is 5.08. The number of benzene rings is 1. The first-order chi connectivity index (χ1) is 7.27. The van der Waals surface area contributed by atoms with E-state index in [1.807, 2.05) is 12.1 Å². The van der Waals surface area contributed by atoms with Gasteiger partial charge in [0.05, 0.1) is 6.61 Å². The Labute approximate surface area is 92.0 Å². The zero-order chi connectivity index (χ0) is 11.1. The van der Waals surface area contributed by atoms with Crippen LogP contribution in [-0.2, 0) is 17.9 Å². The molecule has 1 N–H and O–H groups in total. The van der Waals surface area contributed by atoms with Crippen molar-refractivity contribution in [3.8, 4) is 0 Å². The lowest BCUT2D eigenvalue weighted by atomic mass is 10.1. The van der Waals surface area contributed by atoms with Crippen molar-refractivity contribution < 1.29 is 4.74 Å². The first-order valence-corrected chi connectivity index (χ1v) is 5.19. The van der Waals surface area contributed by atoms with Gasteiger partial charge in [0.15, 0.2) is 0 Å². The summed E-state index contributed by atoms with van der Waals surface area (Å²) in [5.74, 6) is 0. The summed E-state index contributed by atoms with van der Waals surface area (Å²) in [6.45, 7) is 7.35. The van der Waals surface area contributed by atoms with E-state index >= 15 is 0 Å². The summed E-state index contributed by atoms with van der Waals surface area (Å²) in [5.41, 5.74) is 2.52. The Morgan fingerprint density at radius 3 is 2.67 bits per heavy atom. The smallest absolute Gasteiger partial charge is 0.0716 e. The lowest BCUT2D eigenvalue weighted by molar-refractivity contribution is 0.184. The van der Waals surface area contributed by atoms with Gasteiger partial charge in [-0.25, -0.2) is 0 Å². The van der Waals surface area contributed by atoms with Gasteiger partial charge in [-0.1, -0.05) is 30.3 Å². The Balaban J connectivity index is 2.62. The predicted molar refractivity (Wildman–Crippen MR) is 63.7 cm³/mol. The minimum Gasteiger partial charge on any atom is -0.380 e. The molecule has 1 rings (SSSR count). The van der Waals surface area contributed by atoms with E-state index in [-0.39, 0.29) is 0 Å². The predicted octanol–water partition coefficient (Wildman–Crippen LogP) is 2.50. The summed E-state index contributed by atoms with van der Waals surface area (Å²) in [7, 11) is 1.72. The molecule has 0 heterocycles. The van der Waals surface area contributed by atoms with Crippen LogP contribution in [-0.4, -0.2) is 13.2 Å². The van der Waals surface area contributed by atoms with E-state index in [9.17, 15) is 0 Å². The van der Waals surface area contributed by atoms with Crippen molar-refractivity contribution in [3.63, 3.8) is 0 Å². The van der Waals surface area contributed by atoms with Crippen LogP contribution in [0.25, 0.3) is 0 Å². The van der Waals surface area contributed by atoms with Crippen LogP contribution in [0.2, 0.25) is 0 Å². The molecule has 0 amide bonds. The van der Waals surface area contributed by atoms with Crippen LogP contribution in [0.4, 0.5) is 0 Å². The maximum absolute atomic E-state index is 5.15. The molecule has 1 aromatic carbocycles. The van der Waals surface area contributed by atoms with E-state index in [0.29, 0.717) is 12.6 Å². The Hall–Kier alpha value is -1.12. The van der Waals surface area contributed by atoms with Gasteiger partial charge in [-0.05, 0) is 18.1 Å². The van der Waals surface area contributed by atoms with Crippen molar-refractivity contribution in [2.45, 2.75) is 26.1 Å². The molecule has 0 fully saturated rings. The number of methoxy groups -OCH3 is 1. The molecule has 0 aliphatic heterocycles. The molecule has 15 heavy (non-hydrogen) atoms. The Morgan fingerprint density at radius 1 is 1.40 bits per heavy atom. The molecule has 1 aromatic rings. The third kappa shape index (κ3) is 3.86. The monoisotopic (exact) mass is 205 g/mol. The van der Waals surface area contributed by atoms with Gasteiger partial charge >= 0.3 is 0 Å². The third-order valence-electron chi connectivity index (χ3n) is 2.39. The number of hydrogen-bond acceptors (Lipinski definition) is 2. The lowest BCUT2D eigenvalue weighted by Gasteiger charge is -2.12. The minimum atomic E-state index is 0.334. The normalized spacial score (nSPS) is 12.4. The van der Waals surface area contributed by atoms with Crippen molar-refractivity contribution in [1.82, 2.24) is 5.32 Å².